The number of amides is 1. The number of aromatic nitrogens is 3. The number of carbonyl (C=O) groups is 1. The summed E-state index contributed by atoms with van der Waals surface area (Å²) in [6.45, 7) is 1.89. The lowest BCUT2D eigenvalue weighted by molar-refractivity contribution is 0.102. The largest absolute Gasteiger partial charge is 0.497 e. The molecule has 2 aromatic heterocycles. The number of ether oxygens (including phenoxy) is 1. The average molecular weight is 308 g/mol. The second kappa shape index (κ2) is 6.31. The molecule has 1 aromatic carbocycles. The van der Waals surface area contributed by atoms with Gasteiger partial charge in [0, 0.05) is 12.4 Å². The van der Waals surface area contributed by atoms with Crippen molar-refractivity contribution >= 4 is 11.7 Å². The number of aryl methyl sites for hydroxylation is 1. The van der Waals surface area contributed by atoms with Crippen LogP contribution in [-0.4, -0.2) is 27.8 Å². The molecule has 6 heteroatoms. The highest BCUT2D eigenvalue weighted by Crippen LogP contribution is 2.15. The Balaban J connectivity index is 1.78. The van der Waals surface area contributed by atoms with Gasteiger partial charge in [-0.15, -0.1) is 0 Å². The number of anilines is 1. The molecular weight excluding hydrogens is 292 g/mol. The maximum Gasteiger partial charge on any atom is 0.277 e. The quantitative estimate of drug-likeness (QED) is 0.804. The maximum atomic E-state index is 12.3. The van der Waals surface area contributed by atoms with E-state index in [4.69, 9.17) is 4.74 Å². The van der Waals surface area contributed by atoms with Crippen LogP contribution in [0.1, 0.15) is 16.1 Å². The minimum absolute atomic E-state index is 0.293. The minimum atomic E-state index is -0.293. The molecule has 116 valence electrons. The van der Waals surface area contributed by atoms with Gasteiger partial charge in [0.15, 0.2) is 5.69 Å². The zero-order chi connectivity index (χ0) is 16.2. The third kappa shape index (κ3) is 3.21. The van der Waals surface area contributed by atoms with Crippen LogP contribution >= 0.6 is 0 Å². The average Bonchev–Trinajstić information content (AvgIpc) is 3.07. The number of hydrogen-bond donors (Lipinski definition) is 1. The predicted molar refractivity (Wildman–Crippen MR) is 87.0 cm³/mol. The van der Waals surface area contributed by atoms with Crippen LogP contribution in [0.4, 0.5) is 5.82 Å². The molecule has 3 aromatic rings. The van der Waals surface area contributed by atoms with Gasteiger partial charge in [0.2, 0.25) is 0 Å². The van der Waals surface area contributed by atoms with E-state index in [0.717, 1.165) is 17.0 Å². The fourth-order valence-corrected chi connectivity index (χ4v) is 2.11. The summed E-state index contributed by atoms with van der Waals surface area (Å²) in [5, 5.41) is 7.06. The summed E-state index contributed by atoms with van der Waals surface area (Å²) in [4.78, 5) is 16.4. The number of rotatable bonds is 4. The smallest absolute Gasteiger partial charge is 0.277 e. The lowest BCUT2D eigenvalue weighted by Gasteiger charge is -2.05. The highest BCUT2D eigenvalue weighted by molar-refractivity contribution is 6.02. The Morgan fingerprint density at radius 1 is 1.17 bits per heavy atom. The van der Waals surface area contributed by atoms with Gasteiger partial charge in [-0.05, 0) is 48.9 Å². The molecule has 1 amide bonds. The molecule has 0 aliphatic rings. The van der Waals surface area contributed by atoms with Gasteiger partial charge in [-0.3, -0.25) is 4.79 Å². The first-order valence-electron chi connectivity index (χ1n) is 7.10. The van der Waals surface area contributed by atoms with E-state index >= 15 is 0 Å². The van der Waals surface area contributed by atoms with Crippen molar-refractivity contribution in [2.45, 2.75) is 6.92 Å². The first-order valence-corrected chi connectivity index (χ1v) is 7.10. The molecule has 1 N–H and O–H groups in total. The molecule has 0 unspecified atom stereocenters. The molecule has 3 rings (SSSR count). The van der Waals surface area contributed by atoms with Crippen molar-refractivity contribution in [2.75, 3.05) is 12.4 Å². The van der Waals surface area contributed by atoms with Crippen LogP contribution in [0.15, 0.2) is 54.9 Å². The van der Waals surface area contributed by atoms with Crippen molar-refractivity contribution in [3.05, 3.63) is 66.1 Å². The van der Waals surface area contributed by atoms with Crippen LogP contribution in [0.3, 0.4) is 0 Å². The molecule has 0 atom stereocenters. The summed E-state index contributed by atoms with van der Waals surface area (Å²) >= 11 is 0. The van der Waals surface area contributed by atoms with E-state index in [9.17, 15) is 4.79 Å². The maximum absolute atomic E-state index is 12.3. The van der Waals surface area contributed by atoms with Gasteiger partial charge in [-0.1, -0.05) is 6.07 Å². The van der Waals surface area contributed by atoms with E-state index < -0.39 is 0 Å². The number of nitrogens with one attached hydrogen (secondary N) is 1. The Bertz CT molecular complexity index is 825. The van der Waals surface area contributed by atoms with Crippen molar-refractivity contribution < 1.29 is 9.53 Å². The first-order chi connectivity index (χ1) is 11.2. The third-order valence-corrected chi connectivity index (χ3v) is 3.40. The fraction of sp³-hybridized carbons (Fsp3) is 0.118. The van der Waals surface area contributed by atoms with Crippen molar-refractivity contribution in [1.29, 1.82) is 0 Å². The zero-order valence-corrected chi connectivity index (χ0v) is 12.9. The van der Waals surface area contributed by atoms with E-state index in [1.807, 2.05) is 43.3 Å². The summed E-state index contributed by atoms with van der Waals surface area (Å²) < 4.78 is 6.76. The number of hydrogen-bond acceptors (Lipinski definition) is 4. The van der Waals surface area contributed by atoms with E-state index in [0.29, 0.717) is 11.5 Å². The Labute approximate surface area is 133 Å². The van der Waals surface area contributed by atoms with Crippen molar-refractivity contribution in [2.24, 2.45) is 0 Å². The van der Waals surface area contributed by atoms with Gasteiger partial charge < -0.3 is 10.1 Å². The van der Waals surface area contributed by atoms with E-state index in [2.05, 4.69) is 15.4 Å². The van der Waals surface area contributed by atoms with Crippen LogP contribution in [0, 0.1) is 6.92 Å². The summed E-state index contributed by atoms with van der Waals surface area (Å²) in [6, 6.07) is 12.8. The molecule has 6 nitrogen and oxygen atoms in total. The molecule has 0 saturated heterocycles. The summed E-state index contributed by atoms with van der Waals surface area (Å²) in [5.74, 6) is 1.01. The van der Waals surface area contributed by atoms with Crippen LogP contribution in [-0.2, 0) is 0 Å². The van der Waals surface area contributed by atoms with Gasteiger partial charge in [0.1, 0.15) is 11.6 Å². The predicted octanol–water partition coefficient (Wildman–Crippen LogP) is 2.84. The lowest BCUT2D eigenvalue weighted by atomic mass is 10.3. The number of carbonyl (C=O) groups excluding carboxylic acids is 1. The van der Waals surface area contributed by atoms with Gasteiger partial charge in [0.05, 0.1) is 12.8 Å². The molecule has 0 spiro atoms. The molecule has 23 heavy (non-hydrogen) atoms. The molecule has 0 aliphatic heterocycles. The summed E-state index contributed by atoms with van der Waals surface area (Å²) in [6.07, 6.45) is 3.38. The Morgan fingerprint density at radius 2 is 1.96 bits per heavy atom. The summed E-state index contributed by atoms with van der Waals surface area (Å²) in [7, 11) is 1.62. The molecule has 0 aliphatic carbocycles. The SMILES string of the molecule is COc1ccc(-n2ccc(C(=O)Nc3ncccc3C)n2)cc1. The highest BCUT2D eigenvalue weighted by atomic mass is 16.5. The highest BCUT2D eigenvalue weighted by Gasteiger charge is 2.12. The molecule has 0 fully saturated rings. The lowest BCUT2D eigenvalue weighted by Crippen LogP contribution is -2.15. The van der Waals surface area contributed by atoms with Gasteiger partial charge in [-0.25, -0.2) is 9.67 Å². The molecule has 0 radical (unpaired) electrons. The Morgan fingerprint density at radius 3 is 2.65 bits per heavy atom. The minimum Gasteiger partial charge on any atom is -0.497 e. The van der Waals surface area contributed by atoms with Gasteiger partial charge in [0.25, 0.3) is 5.91 Å². The number of methoxy groups -OCH3 is 1. The van der Waals surface area contributed by atoms with E-state index in [1.165, 1.54) is 0 Å². The van der Waals surface area contributed by atoms with Crippen LogP contribution < -0.4 is 10.1 Å². The van der Waals surface area contributed by atoms with Crippen LogP contribution in [0.5, 0.6) is 5.75 Å². The standard InChI is InChI=1S/C17H16N4O2/c1-12-4-3-10-18-16(12)19-17(22)15-9-11-21(20-15)13-5-7-14(23-2)8-6-13/h3-11H,1-2H3,(H,18,19,22). The second-order valence-electron chi connectivity index (χ2n) is 4.97. The first kappa shape index (κ1) is 14.8. The molecular formula is C17H16N4O2. The normalized spacial score (nSPS) is 10.3. The monoisotopic (exact) mass is 308 g/mol. The number of benzene rings is 1. The Kier molecular flexibility index (Phi) is 4.05. The van der Waals surface area contributed by atoms with Crippen LogP contribution in [0.2, 0.25) is 0 Å². The molecule has 0 saturated carbocycles. The molecule has 2 heterocycles. The van der Waals surface area contributed by atoms with Crippen LogP contribution in [0.25, 0.3) is 5.69 Å². The second-order valence-corrected chi connectivity index (χ2v) is 4.97. The molecule has 0 bridgehead atoms. The van der Waals surface area contributed by atoms with E-state index in [1.54, 1.807) is 30.3 Å². The number of pyridine rings is 1. The Hall–Kier alpha value is -3.15. The van der Waals surface area contributed by atoms with Crippen molar-refractivity contribution in [1.82, 2.24) is 14.8 Å². The topological polar surface area (TPSA) is 69.0 Å². The van der Waals surface area contributed by atoms with E-state index in [-0.39, 0.29) is 5.91 Å². The van der Waals surface area contributed by atoms with Crippen molar-refractivity contribution in [3.63, 3.8) is 0 Å². The fourth-order valence-electron chi connectivity index (χ4n) is 2.11. The number of nitrogens with zero attached hydrogens (tertiary/aromatic N) is 3. The summed E-state index contributed by atoms with van der Waals surface area (Å²) in [5.41, 5.74) is 2.07. The van der Waals surface area contributed by atoms with Gasteiger partial charge >= 0.3 is 0 Å². The zero-order valence-electron chi connectivity index (χ0n) is 12.9. The van der Waals surface area contributed by atoms with Gasteiger partial charge in [-0.2, -0.15) is 5.10 Å². The third-order valence-electron chi connectivity index (χ3n) is 3.40. The van der Waals surface area contributed by atoms with Crippen molar-refractivity contribution in [3.8, 4) is 11.4 Å².